The highest BCUT2D eigenvalue weighted by atomic mass is 35.5. The van der Waals surface area contributed by atoms with Crippen molar-refractivity contribution in [1.29, 1.82) is 0 Å². The third kappa shape index (κ3) is 5.54. The Morgan fingerprint density at radius 1 is 1.21 bits per heavy atom. The molecule has 0 spiro atoms. The first-order valence-corrected chi connectivity index (χ1v) is 10.8. The molecule has 5 nitrogen and oxygen atoms in total. The molecule has 28 heavy (non-hydrogen) atoms. The number of aryl methyl sites for hydroxylation is 1. The fourth-order valence-electron chi connectivity index (χ4n) is 4.05. The zero-order chi connectivity index (χ0) is 21.9. The van der Waals surface area contributed by atoms with E-state index in [0.717, 1.165) is 55.0 Å². The molecule has 2 fully saturated rings. The molecule has 0 radical (unpaired) electrons. The van der Waals surface area contributed by atoms with Crippen LogP contribution in [0.25, 0.3) is 0 Å². The van der Waals surface area contributed by atoms with E-state index >= 15 is 0 Å². The topological polar surface area (TPSA) is 38.8 Å². The van der Waals surface area contributed by atoms with E-state index in [1.807, 2.05) is 30.0 Å². The number of hydrogen-bond donors (Lipinski definition) is 1. The number of rotatable bonds is 5. The van der Waals surface area contributed by atoms with Crippen molar-refractivity contribution in [2.75, 3.05) is 51.7 Å². The van der Waals surface area contributed by atoms with E-state index in [9.17, 15) is 4.79 Å². The van der Waals surface area contributed by atoms with Crippen molar-refractivity contribution in [3.8, 4) is 0 Å². The predicted molar refractivity (Wildman–Crippen MR) is 117 cm³/mol. The van der Waals surface area contributed by atoms with Crippen LogP contribution in [0.3, 0.4) is 0 Å². The Balaban J connectivity index is 1.48. The van der Waals surface area contributed by atoms with Crippen LogP contribution in [0, 0.1) is 12.8 Å². The Bertz CT molecular complexity index is 730. The molecule has 6 heteroatoms. The van der Waals surface area contributed by atoms with Crippen molar-refractivity contribution in [3.05, 3.63) is 28.8 Å². The summed E-state index contributed by atoms with van der Waals surface area (Å²) in [5.74, 6) is 0.372. The van der Waals surface area contributed by atoms with Crippen LogP contribution in [-0.4, -0.2) is 68.6 Å². The molecule has 1 aromatic carbocycles. The number of halogens is 1. The van der Waals surface area contributed by atoms with Crippen molar-refractivity contribution in [1.82, 2.24) is 15.1 Å². The Morgan fingerprint density at radius 2 is 1.89 bits per heavy atom. The monoisotopic (exact) mass is 408 g/mol. The van der Waals surface area contributed by atoms with Crippen LogP contribution in [0.5, 0.6) is 0 Å². The molecular weight excluding hydrogens is 372 g/mol. The van der Waals surface area contributed by atoms with E-state index in [4.69, 9.17) is 14.3 Å². The van der Waals surface area contributed by atoms with Crippen LogP contribution in [0.1, 0.15) is 40.4 Å². The molecule has 1 aromatic rings. The number of urea groups is 1. The lowest BCUT2D eigenvalue weighted by Crippen LogP contribution is -2.47. The molecule has 1 saturated heterocycles. The molecule has 2 aliphatic rings. The highest BCUT2D eigenvalue weighted by molar-refractivity contribution is 6.34. The van der Waals surface area contributed by atoms with Gasteiger partial charge in [0.05, 0.1) is 10.7 Å². The lowest BCUT2D eigenvalue weighted by Gasteiger charge is -2.37. The van der Waals surface area contributed by atoms with Crippen LogP contribution in [0.2, 0.25) is 5.02 Å². The summed E-state index contributed by atoms with van der Waals surface area (Å²) in [6.45, 7) is 3.68. The number of carbonyl (C=O) groups excluding carboxylic acids is 1. The zero-order valence-corrected chi connectivity index (χ0v) is 18.1. The predicted octanol–water partition coefficient (Wildman–Crippen LogP) is 3.99. The summed E-state index contributed by atoms with van der Waals surface area (Å²) < 4.78 is 17.4. The van der Waals surface area contributed by atoms with Crippen molar-refractivity contribution in [2.45, 2.75) is 45.1 Å². The second-order valence-corrected chi connectivity index (χ2v) is 8.68. The zero-order valence-electron chi connectivity index (χ0n) is 19.4. The summed E-state index contributed by atoms with van der Waals surface area (Å²) in [6.07, 6.45) is 4.36. The molecule has 156 valence electrons. The number of amides is 2. The van der Waals surface area contributed by atoms with E-state index < -0.39 is 6.50 Å². The highest BCUT2D eigenvalue weighted by Crippen LogP contribution is 2.30. The van der Waals surface area contributed by atoms with E-state index in [2.05, 4.69) is 10.2 Å². The van der Waals surface area contributed by atoms with E-state index in [-0.39, 0.29) is 12.1 Å². The molecular formula is C22H35ClN4O. The van der Waals surface area contributed by atoms with Gasteiger partial charge in [0.15, 0.2) is 0 Å². The number of hydrogen-bond acceptors (Lipinski definition) is 3. The Kier molecular flexibility index (Phi) is 6.52. The van der Waals surface area contributed by atoms with Gasteiger partial charge in [0.2, 0.25) is 0 Å². The number of nitrogens with one attached hydrogen (secondary N) is 1. The summed E-state index contributed by atoms with van der Waals surface area (Å²) in [5.41, 5.74) is 2.12. The molecule has 2 amide bonds. The normalized spacial score (nSPS) is 25.1. The standard InChI is InChI=1S/C22H35ClN4O/c1-17-5-4-6-20(21(17)23)27-15-13-26(14-16-27)12-11-18-7-9-19(10-8-18)24-22(28)25(2)3/h4-6,18-19H,7-16H2,1-3H3,(H,24,28)/i12D2. The fourth-order valence-corrected chi connectivity index (χ4v) is 4.30. The lowest BCUT2D eigenvalue weighted by molar-refractivity contribution is 0.194. The van der Waals surface area contributed by atoms with Gasteiger partial charge in [-0.2, -0.15) is 0 Å². The van der Waals surface area contributed by atoms with Gasteiger partial charge in [0.25, 0.3) is 0 Å². The quantitative estimate of drug-likeness (QED) is 0.800. The van der Waals surface area contributed by atoms with Crippen molar-refractivity contribution < 1.29 is 7.54 Å². The highest BCUT2D eigenvalue weighted by Gasteiger charge is 2.24. The molecule has 0 unspecified atom stereocenters. The van der Waals surface area contributed by atoms with Gasteiger partial charge in [-0.3, -0.25) is 4.90 Å². The van der Waals surface area contributed by atoms with Crippen LogP contribution >= 0.6 is 11.6 Å². The minimum Gasteiger partial charge on any atom is -0.368 e. The van der Waals surface area contributed by atoms with Crippen LogP contribution in [0.4, 0.5) is 10.5 Å². The summed E-state index contributed by atoms with van der Waals surface area (Å²) in [6, 6.07) is 6.26. The van der Waals surface area contributed by atoms with Crippen molar-refractivity contribution >= 4 is 23.3 Å². The molecule has 1 saturated carbocycles. The summed E-state index contributed by atoms with van der Waals surface area (Å²) in [4.78, 5) is 17.7. The third-order valence-corrected chi connectivity index (χ3v) is 6.47. The third-order valence-electron chi connectivity index (χ3n) is 5.98. The second-order valence-electron chi connectivity index (χ2n) is 8.31. The molecule has 0 aromatic heterocycles. The van der Waals surface area contributed by atoms with E-state index in [1.165, 1.54) is 0 Å². The molecule has 1 aliphatic carbocycles. The van der Waals surface area contributed by atoms with Gasteiger partial charge in [-0.05, 0) is 63.1 Å². The SMILES string of the molecule is [2H]C([2H])(CC1CCC(NC(=O)N(C)C)CC1)N1CCN(c2cccc(C)c2Cl)CC1. The number of benzene rings is 1. The minimum atomic E-state index is -1.30. The van der Waals surface area contributed by atoms with Gasteiger partial charge in [-0.25, -0.2) is 4.79 Å². The molecule has 0 bridgehead atoms. The number of piperazine rings is 1. The first kappa shape index (κ1) is 18.6. The largest absolute Gasteiger partial charge is 0.368 e. The maximum Gasteiger partial charge on any atom is 0.317 e. The van der Waals surface area contributed by atoms with Gasteiger partial charge in [-0.15, -0.1) is 0 Å². The van der Waals surface area contributed by atoms with E-state index in [1.54, 1.807) is 19.0 Å². The van der Waals surface area contributed by atoms with Crippen molar-refractivity contribution in [2.24, 2.45) is 5.92 Å². The smallest absolute Gasteiger partial charge is 0.317 e. The average molecular weight is 409 g/mol. The minimum absolute atomic E-state index is 0.0413. The van der Waals surface area contributed by atoms with Gasteiger partial charge >= 0.3 is 6.03 Å². The maximum absolute atomic E-state index is 11.8. The summed E-state index contributed by atoms with van der Waals surface area (Å²) in [5, 5.41) is 3.86. The Morgan fingerprint density at radius 3 is 2.54 bits per heavy atom. The fraction of sp³-hybridized carbons (Fsp3) is 0.682. The first-order chi connectivity index (χ1) is 14.2. The second kappa shape index (κ2) is 9.84. The summed E-state index contributed by atoms with van der Waals surface area (Å²) >= 11 is 6.48. The van der Waals surface area contributed by atoms with Gasteiger partial charge in [0.1, 0.15) is 0 Å². The molecule has 0 atom stereocenters. The van der Waals surface area contributed by atoms with E-state index in [0.29, 0.717) is 25.4 Å². The van der Waals surface area contributed by atoms with Crippen molar-refractivity contribution in [3.63, 3.8) is 0 Å². The average Bonchev–Trinajstić information content (AvgIpc) is 2.71. The Labute approximate surface area is 177 Å². The number of anilines is 1. The van der Waals surface area contributed by atoms with Crippen LogP contribution in [-0.2, 0) is 0 Å². The summed E-state index contributed by atoms with van der Waals surface area (Å²) in [7, 11) is 3.50. The lowest BCUT2D eigenvalue weighted by atomic mass is 9.84. The number of nitrogens with zero attached hydrogens (tertiary/aromatic N) is 3. The van der Waals surface area contributed by atoms with Gasteiger partial charge in [-0.1, -0.05) is 23.7 Å². The Hall–Kier alpha value is -1.46. The van der Waals surface area contributed by atoms with Gasteiger partial charge < -0.3 is 15.1 Å². The first-order valence-electron chi connectivity index (χ1n) is 11.4. The molecule has 1 heterocycles. The van der Waals surface area contributed by atoms with Crippen LogP contribution < -0.4 is 10.2 Å². The van der Waals surface area contributed by atoms with Gasteiger partial charge in [0, 0.05) is 49.1 Å². The molecule has 1 N–H and O–H groups in total. The number of carbonyl (C=O) groups is 1. The molecule has 1 aliphatic heterocycles. The molecule has 3 rings (SSSR count). The maximum atomic E-state index is 11.8. The van der Waals surface area contributed by atoms with Crippen LogP contribution in [0.15, 0.2) is 18.2 Å².